The highest BCUT2D eigenvalue weighted by Crippen LogP contribution is 2.23. The van der Waals surface area contributed by atoms with Crippen molar-refractivity contribution in [2.75, 3.05) is 18.4 Å². The summed E-state index contributed by atoms with van der Waals surface area (Å²) in [5.41, 5.74) is 0.442. The number of sulfonamides is 1. The van der Waals surface area contributed by atoms with E-state index in [-0.39, 0.29) is 23.5 Å². The second-order valence-corrected chi connectivity index (χ2v) is 8.49. The molecule has 136 valence electrons. The van der Waals surface area contributed by atoms with Gasteiger partial charge in [0.05, 0.1) is 16.2 Å². The van der Waals surface area contributed by atoms with Gasteiger partial charge in [0.15, 0.2) is 5.13 Å². The number of nitrogens with one attached hydrogen (secondary N) is 1. The Bertz CT molecular complexity index is 871. The number of halogens is 1. The fourth-order valence-corrected chi connectivity index (χ4v) is 4.54. The van der Waals surface area contributed by atoms with E-state index in [4.69, 9.17) is 0 Å². The summed E-state index contributed by atoms with van der Waals surface area (Å²) >= 11 is 1.27. The van der Waals surface area contributed by atoms with Crippen molar-refractivity contribution in [3.63, 3.8) is 0 Å². The second-order valence-electron chi connectivity index (χ2n) is 5.35. The van der Waals surface area contributed by atoms with Crippen LogP contribution < -0.4 is 5.32 Å². The maximum Gasteiger partial charge on any atom is 0.260 e. The molecule has 1 amide bonds. The van der Waals surface area contributed by atoms with Gasteiger partial charge >= 0.3 is 0 Å². The lowest BCUT2D eigenvalue weighted by Crippen LogP contribution is -2.31. The summed E-state index contributed by atoms with van der Waals surface area (Å²) in [5.74, 6) is -1.52. The number of nitrogens with zero attached hydrogens (tertiary/aromatic N) is 2. The molecule has 1 aromatic carbocycles. The zero-order valence-electron chi connectivity index (χ0n) is 14.5. The summed E-state index contributed by atoms with van der Waals surface area (Å²) in [6.07, 6.45) is 0. The van der Waals surface area contributed by atoms with Gasteiger partial charge in [0, 0.05) is 18.0 Å². The molecule has 6 nitrogen and oxygen atoms in total. The highest BCUT2D eigenvalue weighted by molar-refractivity contribution is 7.89. The number of hydrogen-bond donors (Lipinski definition) is 1. The first kappa shape index (κ1) is 19.5. The first-order valence-electron chi connectivity index (χ1n) is 7.75. The molecule has 0 atom stereocenters. The van der Waals surface area contributed by atoms with Crippen LogP contribution in [0, 0.1) is 19.7 Å². The number of carbonyl (C=O) groups excluding carboxylic acids is 1. The van der Waals surface area contributed by atoms with Gasteiger partial charge in [-0.05, 0) is 32.0 Å². The molecule has 0 aliphatic heterocycles. The molecule has 0 unspecified atom stereocenters. The van der Waals surface area contributed by atoms with E-state index >= 15 is 0 Å². The topological polar surface area (TPSA) is 79.4 Å². The SMILES string of the molecule is CCN(CC)S(=O)(=O)c1ccc(F)c(C(=O)Nc2nc(C)c(C)s2)c1. The number of thiazole rings is 1. The minimum atomic E-state index is -3.78. The van der Waals surface area contributed by atoms with Crippen LogP contribution in [0.25, 0.3) is 0 Å². The molecule has 1 heterocycles. The Labute approximate surface area is 150 Å². The summed E-state index contributed by atoms with van der Waals surface area (Å²) in [7, 11) is -3.78. The predicted octanol–water partition coefficient (Wildman–Crippen LogP) is 3.18. The first-order valence-corrected chi connectivity index (χ1v) is 10.0. The Morgan fingerprint density at radius 3 is 2.44 bits per heavy atom. The smallest absolute Gasteiger partial charge is 0.260 e. The van der Waals surface area contributed by atoms with Crippen LogP contribution in [0.1, 0.15) is 34.8 Å². The third-order valence-electron chi connectivity index (χ3n) is 3.77. The van der Waals surface area contributed by atoms with Gasteiger partial charge in [-0.3, -0.25) is 10.1 Å². The number of carbonyl (C=O) groups is 1. The van der Waals surface area contributed by atoms with E-state index < -0.39 is 21.7 Å². The van der Waals surface area contributed by atoms with Crippen LogP contribution in [0.2, 0.25) is 0 Å². The number of aromatic nitrogens is 1. The zero-order valence-corrected chi connectivity index (χ0v) is 16.1. The predicted molar refractivity (Wildman–Crippen MR) is 96.0 cm³/mol. The van der Waals surface area contributed by atoms with Crippen LogP contribution in [0.5, 0.6) is 0 Å². The van der Waals surface area contributed by atoms with Crippen LogP contribution in [0.4, 0.5) is 9.52 Å². The molecular formula is C16H20FN3O3S2. The summed E-state index contributed by atoms with van der Waals surface area (Å²) in [6.45, 7) is 7.67. The fourth-order valence-electron chi connectivity index (χ4n) is 2.24. The standard InChI is InChI=1S/C16H20FN3O3S2/c1-5-20(6-2)25(22,23)12-7-8-14(17)13(9-12)15(21)19-16-18-10(3)11(4)24-16/h7-9H,5-6H2,1-4H3,(H,18,19,21). The minimum Gasteiger partial charge on any atom is -0.298 e. The number of rotatable bonds is 6. The number of anilines is 1. The largest absolute Gasteiger partial charge is 0.298 e. The lowest BCUT2D eigenvalue weighted by molar-refractivity contribution is 0.102. The second kappa shape index (κ2) is 7.59. The number of amides is 1. The Hall–Kier alpha value is -1.84. The minimum absolute atomic E-state index is 0.116. The Balaban J connectivity index is 2.37. The normalized spacial score (nSPS) is 11.8. The van der Waals surface area contributed by atoms with Gasteiger partial charge in [-0.15, -0.1) is 11.3 Å². The van der Waals surface area contributed by atoms with Gasteiger partial charge < -0.3 is 0 Å². The lowest BCUT2D eigenvalue weighted by atomic mass is 10.2. The summed E-state index contributed by atoms with van der Waals surface area (Å²) in [4.78, 5) is 17.3. The van der Waals surface area contributed by atoms with Crippen LogP contribution >= 0.6 is 11.3 Å². The maximum absolute atomic E-state index is 14.1. The summed E-state index contributed by atoms with van der Waals surface area (Å²) in [5, 5.41) is 2.86. The van der Waals surface area contributed by atoms with Crippen molar-refractivity contribution >= 4 is 32.4 Å². The van der Waals surface area contributed by atoms with Crippen LogP contribution in [-0.4, -0.2) is 36.7 Å². The highest BCUT2D eigenvalue weighted by Gasteiger charge is 2.24. The molecule has 25 heavy (non-hydrogen) atoms. The molecule has 0 aliphatic carbocycles. The molecule has 2 rings (SSSR count). The molecule has 0 fully saturated rings. The lowest BCUT2D eigenvalue weighted by Gasteiger charge is -2.18. The van der Waals surface area contributed by atoms with Crippen molar-refractivity contribution in [3.05, 3.63) is 40.2 Å². The van der Waals surface area contributed by atoms with Crippen LogP contribution in [0.3, 0.4) is 0 Å². The molecule has 1 aromatic heterocycles. The van der Waals surface area contributed by atoms with Crippen molar-refractivity contribution in [1.82, 2.24) is 9.29 Å². The van der Waals surface area contributed by atoms with Crippen molar-refractivity contribution in [2.24, 2.45) is 0 Å². The Morgan fingerprint density at radius 1 is 1.28 bits per heavy atom. The monoisotopic (exact) mass is 385 g/mol. The maximum atomic E-state index is 14.1. The third-order valence-corrected chi connectivity index (χ3v) is 6.81. The Kier molecular flexibility index (Phi) is 5.91. The Morgan fingerprint density at radius 2 is 1.92 bits per heavy atom. The molecule has 2 aromatic rings. The van der Waals surface area contributed by atoms with Gasteiger partial charge in [-0.2, -0.15) is 4.31 Å². The van der Waals surface area contributed by atoms with Gasteiger partial charge in [0.2, 0.25) is 10.0 Å². The first-order chi connectivity index (χ1) is 11.7. The molecule has 0 spiro atoms. The molecule has 1 N–H and O–H groups in total. The van der Waals surface area contributed by atoms with E-state index in [0.717, 1.165) is 28.8 Å². The molecule has 0 aliphatic rings. The number of aryl methyl sites for hydroxylation is 2. The van der Waals surface area contributed by atoms with E-state index in [1.807, 2.05) is 6.92 Å². The van der Waals surface area contributed by atoms with Crippen molar-refractivity contribution in [1.29, 1.82) is 0 Å². The van der Waals surface area contributed by atoms with Crippen LogP contribution in [-0.2, 0) is 10.0 Å². The highest BCUT2D eigenvalue weighted by atomic mass is 32.2. The molecule has 0 radical (unpaired) electrons. The van der Waals surface area contributed by atoms with Gasteiger partial charge in [0.25, 0.3) is 5.91 Å². The average Bonchev–Trinajstić information content (AvgIpc) is 2.86. The van der Waals surface area contributed by atoms with E-state index in [0.29, 0.717) is 5.13 Å². The van der Waals surface area contributed by atoms with E-state index in [1.165, 1.54) is 15.6 Å². The fraction of sp³-hybridized carbons (Fsp3) is 0.375. The molecule has 9 heteroatoms. The van der Waals surface area contributed by atoms with Crippen molar-refractivity contribution < 1.29 is 17.6 Å². The molecule has 0 saturated carbocycles. The summed E-state index contributed by atoms with van der Waals surface area (Å²) < 4.78 is 40.4. The van der Waals surface area contributed by atoms with E-state index in [9.17, 15) is 17.6 Å². The number of hydrogen-bond acceptors (Lipinski definition) is 5. The van der Waals surface area contributed by atoms with Crippen molar-refractivity contribution in [2.45, 2.75) is 32.6 Å². The quantitative estimate of drug-likeness (QED) is 0.828. The average molecular weight is 385 g/mol. The van der Waals surface area contributed by atoms with Crippen LogP contribution in [0.15, 0.2) is 23.1 Å². The van der Waals surface area contributed by atoms with Gasteiger partial charge in [0.1, 0.15) is 5.82 Å². The number of benzene rings is 1. The summed E-state index contributed by atoms with van der Waals surface area (Å²) in [6, 6.07) is 3.22. The van der Waals surface area contributed by atoms with E-state index in [2.05, 4.69) is 10.3 Å². The third kappa shape index (κ3) is 4.05. The molecule has 0 bridgehead atoms. The molecular weight excluding hydrogens is 365 g/mol. The van der Waals surface area contributed by atoms with E-state index in [1.54, 1.807) is 20.8 Å². The van der Waals surface area contributed by atoms with Gasteiger partial charge in [-0.1, -0.05) is 13.8 Å². The van der Waals surface area contributed by atoms with Gasteiger partial charge in [-0.25, -0.2) is 17.8 Å². The molecule has 0 saturated heterocycles. The zero-order chi connectivity index (χ0) is 18.8. The van der Waals surface area contributed by atoms with Crippen molar-refractivity contribution in [3.8, 4) is 0 Å².